The zero-order valence-corrected chi connectivity index (χ0v) is 24.5. The summed E-state index contributed by atoms with van der Waals surface area (Å²) in [5.41, 5.74) is 1.62. The van der Waals surface area contributed by atoms with Crippen LogP contribution in [0, 0.1) is 11.8 Å². The largest absolute Gasteiger partial charge is 0.454 e. The van der Waals surface area contributed by atoms with E-state index in [1.54, 1.807) is 65.2 Å². The van der Waals surface area contributed by atoms with Crippen LogP contribution in [0.5, 0.6) is 0 Å². The van der Waals surface area contributed by atoms with Crippen molar-refractivity contribution in [1.82, 2.24) is 0 Å². The van der Waals surface area contributed by atoms with E-state index < -0.39 is 36.3 Å². The zero-order valence-electron chi connectivity index (χ0n) is 24.5. The molecule has 8 heteroatoms. The number of methoxy groups -OCH3 is 2. The van der Waals surface area contributed by atoms with Gasteiger partial charge in [0.1, 0.15) is 18.3 Å². The first kappa shape index (κ1) is 32.8. The lowest BCUT2D eigenvalue weighted by molar-refractivity contribution is -0.146. The quantitative estimate of drug-likeness (QED) is 0.393. The van der Waals surface area contributed by atoms with Gasteiger partial charge in [0.25, 0.3) is 0 Å². The number of rotatable bonds is 5. The molecule has 2 aliphatic heterocycles. The second kappa shape index (κ2) is 15.4. The summed E-state index contributed by atoms with van der Waals surface area (Å²) in [6, 6.07) is 0. The summed E-state index contributed by atoms with van der Waals surface area (Å²) in [6.45, 7) is 10.5. The van der Waals surface area contributed by atoms with Crippen molar-refractivity contribution in [2.45, 2.75) is 97.1 Å². The fourth-order valence-electron chi connectivity index (χ4n) is 4.76. The Labute approximate surface area is 233 Å². The van der Waals surface area contributed by atoms with Crippen molar-refractivity contribution in [1.29, 1.82) is 0 Å². The molecule has 0 aromatic carbocycles. The molecule has 2 rings (SSSR count). The molecule has 0 spiro atoms. The summed E-state index contributed by atoms with van der Waals surface area (Å²) < 4.78 is 23.4. The number of hydrogen-bond acceptors (Lipinski definition) is 8. The fourth-order valence-corrected chi connectivity index (χ4v) is 4.76. The Morgan fingerprint density at radius 2 is 1.79 bits per heavy atom. The fraction of sp³-hybridized carbons (Fsp3) is 0.613. The number of aliphatic hydroxyl groups excluding tert-OH is 2. The SMILES string of the molecule is CO[C@H]1C[C@H]2O[C@H]1C=C(C)[C@H](O)CC=CC=C(C)C(=O)[C@@H](C)C=C(C)C(=O)O[C@H](C=C[C@@H](OC)[C@H](C)O)[C@@H]2C. The topological polar surface area (TPSA) is 112 Å². The second-order valence-electron chi connectivity index (χ2n) is 10.6. The van der Waals surface area contributed by atoms with E-state index in [2.05, 4.69) is 0 Å². The van der Waals surface area contributed by atoms with E-state index in [0.717, 1.165) is 5.57 Å². The van der Waals surface area contributed by atoms with Gasteiger partial charge in [-0.05, 0) is 51.3 Å². The van der Waals surface area contributed by atoms with Gasteiger partial charge in [-0.15, -0.1) is 0 Å². The molecule has 39 heavy (non-hydrogen) atoms. The number of hydrogen-bond donors (Lipinski definition) is 2. The van der Waals surface area contributed by atoms with Gasteiger partial charge in [0, 0.05) is 38.0 Å². The molecule has 0 aromatic rings. The first-order valence-electron chi connectivity index (χ1n) is 13.6. The monoisotopic (exact) mass is 546 g/mol. The van der Waals surface area contributed by atoms with E-state index in [1.165, 1.54) is 7.11 Å². The second-order valence-corrected chi connectivity index (χ2v) is 10.6. The standard InChI is InChI=1S/C31H46O8/c1-18-11-9-10-12-24(33)19(2)16-29-28(37-8)17-27(38-29)22(5)25(13-14-26(36-7)23(6)32)39-31(35)21(4)15-20(3)30(18)34/h9-11,13-16,20,22-29,32-33H,12,17H2,1-8H3/t20-,22-,23-,24+,25+,26+,27+,28-,29-/m0/s1. The minimum atomic E-state index is -0.760. The number of fused-ring (bicyclic) bond motifs is 2. The lowest BCUT2D eigenvalue weighted by Crippen LogP contribution is -2.33. The van der Waals surface area contributed by atoms with E-state index in [1.807, 2.05) is 26.0 Å². The van der Waals surface area contributed by atoms with Gasteiger partial charge in [-0.2, -0.15) is 0 Å². The Hall–Kier alpha value is -2.36. The van der Waals surface area contributed by atoms with Crippen molar-refractivity contribution in [2.75, 3.05) is 14.2 Å². The van der Waals surface area contributed by atoms with E-state index in [4.69, 9.17) is 18.9 Å². The summed E-state index contributed by atoms with van der Waals surface area (Å²) in [5.74, 6) is -1.46. The van der Waals surface area contributed by atoms with Crippen molar-refractivity contribution in [3.8, 4) is 0 Å². The van der Waals surface area contributed by atoms with Gasteiger partial charge in [0.15, 0.2) is 5.78 Å². The highest BCUT2D eigenvalue weighted by Crippen LogP contribution is 2.33. The van der Waals surface area contributed by atoms with Crippen LogP contribution < -0.4 is 0 Å². The third-order valence-electron chi connectivity index (χ3n) is 7.47. The number of ether oxygens (including phenoxy) is 4. The molecule has 2 heterocycles. The highest BCUT2D eigenvalue weighted by atomic mass is 16.6. The van der Waals surface area contributed by atoms with Crippen molar-refractivity contribution >= 4 is 11.8 Å². The molecule has 0 radical (unpaired) electrons. The average molecular weight is 547 g/mol. The van der Waals surface area contributed by atoms with Crippen LogP contribution in [-0.2, 0) is 28.5 Å². The van der Waals surface area contributed by atoms with Gasteiger partial charge in [0.2, 0.25) is 0 Å². The Kier molecular flexibility index (Phi) is 13.0. The lowest BCUT2D eigenvalue weighted by Gasteiger charge is -2.27. The first-order chi connectivity index (χ1) is 18.4. The van der Waals surface area contributed by atoms with E-state index in [-0.39, 0.29) is 30.0 Å². The van der Waals surface area contributed by atoms with Crippen LogP contribution in [0.4, 0.5) is 0 Å². The van der Waals surface area contributed by atoms with Gasteiger partial charge in [0.05, 0.1) is 24.4 Å². The summed E-state index contributed by atoms with van der Waals surface area (Å²) in [6.07, 6.45) is 9.47. The van der Waals surface area contributed by atoms with Crippen LogP contribution >= 0.6 is 0 Å². The van der Waals surface area contributed by atoms with Crippen LogP contribution in [0.1, 0.15) is 54.4 Å². The number of carbonyl (C=O) groups is 2. The normalized spacial score (nSPS) is 33.4. The molecule has 0 saturated carbocycles. The van der Waals surface area contributed by atoms with Gasteiger partial charge in [-0.1, -0.05) is 50.3 Å². The van der Waals surface area contributed by atoms with Crippen molar-refractivity contribution in [3.63, 3.8) is 0 Å². The number of Topliss-reactive ketones (excluding diaryl/α,β-unsaturated/α-hetero) is 1. The number of cyclic esters (lactones) is 1. The molecule has 8 nitrogen and oxygen atoms in total. The molecule has 0 aliphatic carbocycles. The van der Waals surface area contributed by atoms with E-state index in [0.29, 0.717) is 24.0 Å². The third kappa shape index (κ3) is 9.36. The predicted molar refractivity (Wildman–Crippen MR) is 150 cm³/mol. The van der Waals surface area contributed by atoms with E-state index in [9.17, 15) is 19.8 Å². The van der Waals surface area contributed by atoms with Gasteiger partial charge < -0.3 is 29.2 Å². The van der Waals surface area contributed by atoms with Crippen molar-refractivity contribution < 1.29 is 38.7 Å². The molecule has 2 N–H and O–H groups in total. The maximum Gasteiger partial charge on any atom is 0.334 e. The smallest absolute Gasteiger partial charge is 0.334 e. The number of carbonyl (C=O) groups excluding carboxylic acids is 2. The predicted octanol–water partition coefficient (Wildman–Crippen LogP) is 4.02. The third-order valence-corrected chi connectivity index (χ3v) is 7.47. The molecule has 1 saturated heterocycles. The number of ketones is 1. The van der Waals surface area contributed by atoms with Gasteiger partial charge in [-0.25, -0.2) is 4.79 Å². The average Bonchev–Trinajstić information content (AvgIpc) is 3.31. The highest BCUT2D eigenvalue weighted by molar-refractivity contribution is 5.99. The van der Waals surface area contributed by atoms with Crippen LogP contribution in [0.15, 0.2) is 59.3 Å². The minimum absolute atomic E-state index is 0.109. The molecule has 2 aliphatic rings. The van der Waals surface area contributed by atoms with Gasteiger partial charge >= 0.3 is 5.97 Å². The maximum atomic E-state index is 13.2. The molecule has 218 valence electrons. The summed E-state index contributed by atoms with van der Waals surface area (Å²) >= 11 is 0. The molecule has 0 aromatic heterocycles. The highest BCUT2D eigenvalue weighted by Gasteiger charge is 2.40. The van der Waals surface area contributed by atoms with Crippen molar-refractivity contribution in [2.24, 2.45) is 11.8 Å². The van der Waals surface area contributed by atoms with E-state index >= 15 is 0 Å². The Morgan fingerprint density at radius 1 is 1.10 bits per heavy atom. The Balaban J connectivity index is 2.50. The Bertz CT molecular complexity index is 989. The Morgan fingerprint density at radius 3 is 2.41 bits per heavy atom. The van der Waals surface area contributed by atoms with Gasteiger partial charge in [-0.3, -0.25) is 4.79 Å². The zero-order chi connectivity index (χ0) is 29.3. The molecule has 1 fully saturated rings. The molecular formula is C31H46O8. The number of allylic oxidation sites excluding steroid dienone is 4. The molecule has 0 amide bonds. The van der Waals surface area contributed by atoms with Crippen LogP contribution in [0.2, 0.25) is 0 Å². The summed E-state index contributed by atoms with van der Waals surface area (Å²) in [7, 11) is 3.13. The molecular weight excluding hydrogens is 500 g/mol. The molecule has 9 atom stereocenters. The minimum Gasteiger partial charge on any atom is -0.454 e. The van der Waals surface area contributed by atoms with Crippen molar-refractivity contribution in [3.05, 3.63) is 59.3 Å². The first-order valence-corrected chi connectivity index (χ1v) is 13.6. The maximum absolute atomic E-state index is 13.2. The summed E-state index contributed by atoms with van der Waals surface area (Å²) in [4.78, 5) is 26.0. The number of aliphatic hydroxyl groups is 2. The van der Waals surface area contributed by atoms with Crippen LogP contribution in [-0.4, -0.2) is 78.9 Å². The van der Waals surface area contributed by atoms with Crippen LogP contribution in [0.25, 0.3) is 0 Å². The summed E-state index contributed by atoms with van der Waals surface area (Å²) in [5, 5.41) is 20.7. The van der Waals surface area contributed by atoms with Crippen LogP contribution in [0.3, 0.4) is 0 Å². The number of esters is 1. The molecule has 2 bridgehead atoms. The lowest BCUT2D eigenvalue weighted by atomic mass is 9.93. The molecule has 0 unspecified atom stereocenters.